The van der Waals surface area contributed by atoms with E-state index in [4.69, 9.17) is 21.1 Å². The van der Waals surface area contributed by atoms with Crippen molar-refractivity contribution in [3.8, 4) is 11.5 Å². The molecule has 1 N–H and O–H groups in total. The van der Waals surface area contributed by atoms with Crippen LogP contribution in [0, 0.1) is 6.92 Å². The predicted molar refractivity (Wildman–Crippen MR) is 95.8 cm³/mol. The zero-order valence-electron chi connectivity index (χ0n) is 13.9. The summed E-state index contributed by atoms with van der Waals surface area (Å²) in [5.41, 5.74) is 1.14. The first-order chi connectivity index (χ1) is 11.6. The van der Waals surface area contributed by atoms with Crippen molar-refractivity contribution in [1.82, 2.24) is 5.32 Å². The third-order valence-electron chi connectivity index (χ3n) is 3.40. The van der Waals surface area contributed by atoms with Crippen molar-refractivity contribution in [2.45, 2.75) is 26.4 Å². The first kappa shape index (κ1) is 18.1. The van der Waals surface area contributed by atoms with Crippen LogP contribution in [-0.2, 0) is 4.79 Å². The first-order valence-electron chi connectivity index (χ1n) is 7.98. The normalized spacial score (nSPS) is 11.6. The number of ether oxygens (including phenoxy) is 2. The van der Waals surface area contributed by atoms with E-state index >= 15 is 0 Å². The average Bonchev–Trinajstić information content (AvgIpc) is 2.56. The number of halogens is 1. The Morgan fingerprint density at radius 2 is 1.92 bits per heavy atom. The van der Waals surface area contributed by atoms with E-state index in [2.05, 4.69) is 5.32 Å². The third kappa shape index (κ3) is 5.78. The smallest absolute Gasteiger partial charge is 0.261 e. The van der Waals surface area contributed by atoms with E-state index in [9.17, 15) is 4.79 Å². The van der Waals surface area contributed by atoms with Gasteiger partial charge in [0.05, 0.1) is 6.54 Å². The van der Waals surface area contributed by atoms with Gasteiger partial charge in [0.25, 0.3) is 5.91 Å². The standard InChI is InChI=1S/C19H22ClNO3/c1-3-18(24-17-9-5-7-15(20)13-17)19(22)21-10-11-23-16-8-4-6-14(2)12-16/h4-9,12-13,18H,3,10-11H2,1-2H3,(H,21,22)/t18-/m1/s1. The van der Waals surface area contributed by atoms with Gasteiger partial charge in [-0.1, -0.05) is 36.7 Å². The molecular weight excluding hydrogens is 326 g/mol. The molecule has 4 nitrogen and oxygen atoms in total. The summed E-state index contributed by atoms with van der Waals surface area (Å²) < 4.78 is 11.3. The molecule has 0 aliphatic rings. The molecule has 0 fully saturated rings. The number of aryl methyl sites for hydroxylation is 1. The van der Waals surface area contributed by atoms with Crippen LogP contribution in [0.4, 0.5) is 0 Å². The van der Waals surface area contributed by atoms with Crippen LogP contribution < -0.4 is 14.8 Å². The Kier molecular flexibility index (Phi) is 6.94. The molecule has 5 heteroatoms. The zero-order valence-corrected chi connectivity index (χ0v) is 14.7. The van der Waals surface area contributed by atoms with Gasteiger partial charge in [-0.05, 0) is 49.2 Å². The van der Waals surface area contributed by atoms with Crippen molar-refractivity contribution < 1.29 is 14.3 Å². The lowest BCUT2D eigenvalue weighted by atomic mass is 10.2. The SMILES string of the molecule is CC[C@@H](Oc1cccc(Cl)c1)C(=O)NCCOc1cccc(C)c1. The molecule has 0 saturated carbocycles. The van der Waals surface area contributed by atoms with Gasteiger partial charge in [0, 0.05) is 5.02 Å². The van der Waals surface area contributed by atoms with E-state index in [0.29, 0.717) is 30.3 Å². The molecule has 0 radical (unpaired) electrons. The molecule has 0 aromatic heterocycles. The Hall–Kier alpha value is -2.20. The molecule has 2 aromatic carbocycles. The molecule has 0 aliphatic heterocycles. The van der Waals surface area contributed by atoms with Crippen LogP contribution in [0.3, 0.4) is 0 Å². The summed E-state index contributed by atoms with van der Waals surface area (Å²) in [6.45, 7) is 4.73. The van der Waals surface area contributed by atoms with Gasteiger partial charge in [-0.15, -0.1) is 0 Å². The number of rotatable bonds is 8. The van der Waals surface area contributed by atoms with Crippen LogP contribution in [0.5, 0.6) is 11.5 Å². The van der Waals surface area contributed by atoms with E-state index in [0.717, 1.165) is 11.3 Å². The van der Waals surface area contributed by atoms with Crippen LogP contribution >= 0.6 is 11.6 Å². The van der Waals surface area contributed by atoms with Crippen LogP contribution in [0.2, 0.25) is 5.02 Å². The highest BCUT2D eigenvalue weighted by Gasteiger charge is 2.17. The lowest BCUT2D eigenvalue weighted by Crippen LogP contribution is -2.39. The van der Waals surface area contributed by atoms with Crippen LogP contribution in [0.15, 0.2) is 48.5 Å². The number of carbonyl (C=O) groups is 1. The van der Waals surface area contributed by atoms with E-state index in [-0.39, 0.29) is 5.91 Å². The third-order valence-corrected chi connectivity index (χ3v) is 3.63. The highest BCUT2D eigenvalue weighted by molar-refractivity contribution is 6.30. The number of benzene rings is 2. The van der Waals surface area contributed by atoms with Crippen LogP contribution in [0.25, 0.3) is 0 Å². The maximum Gasteiger partial charge on any atom is 0.261 e. The van der Waals surface area contributed by atoms with Crippen molar-refractivity contribution in [2.24, 2.45) is 0 Å². The largest absolute Gasteiger partial charge is 0.492 e. The predicted octanol–water partition coefficient (Wildman–Crippen LogP) is 4.00. The molecule has 0 aliphatic carbocycles. The molecule has 0 saturated heterocycles. The second kappa shape index (κ2) is 9.18. The fourth-order valence-electron chi connectivity index (χ4n) is 2.19. The van der Waals surface area contributed by atoms with Crippen molar-refractivity contribution in [1.29, 1.82) is 0 Å². The van der Waals surface area contributed by atoms with E-state index in [1.54, 1.807) is 24.3 Å². The van der Waals surface area contributed by atoms with Crippen molar-refractivity contribution in [3.63, 3.8) is 0 Å². The molecule has 2 aromatic rings. The summed E-state index contributed by atoms with van der Waals surface area (Å²) >= 11 is 5.93. The monoisotopic (exact) mass is 347 g/mol. The van der Waals surface area contributed by atoms with Crippen LogP contribution in [-0.4, -0.2) is 25.2 Å². The second-order valence-electron chi connectivity index (χ2n) is 5.43. The molecule has 128 valence electrons. The van der Waals surface area contributed by atoms with Gasteiger partial charge in [0.2, 0.25) is 0 Å². The lowest BCUT2D eigenvalue weighted by molar-refractivity contribution is -0.128. The molecule has 0 bridgehead atoms. The molecule has 0 heterocycles. The number of hydrogen-bond donors (Lipinski definition) is 1. The van der Waals surface area contributed by atoms with E-state index < -0.39 is 6.10 Å². The fraction of sp³-hybridized carbons (Fsp3) is 0.316. The molecule has 0 spiro atoms. The number of hydrogen-bond acceptors (Lipinski definition) is 3. The van der Waals surface area contributed by atoms with Crippen molar-refractivity contribution in [3.05, 3.63) is 59.1 Å². The van der Waals surface area contributed by atoms with Crippen LogP contribution in [0.1, 0.15) is 18.9 Å². The first-order valence-corrected chi connectivity index (χ1v) is 8.35. The van der Waals surface area contributed by atoms with Gasteiger partial charge < -0.3 is 14.8 Å². The topological polar surface area (TPSA) is 47.6 Å². The van der Waals surface area contributed by atoms with Gasteiger partial charge >= 0.3 is 0 Å². The zero-order chi connectivity index (χ0) is 17.4. The summed E-state index contributed by atoms with van der Waals surface area (Å²) in [4.78, 5) is 12.2. The summed E-state index contributed by atoms with van der Waals surface area (Å²) in [5.74, 6) is 1.22. The lowest BCUT2D eigenvalue weighted by Gasteiger charge is -2.17. The van der Waals surface area contributed by atoms with E-state index in [1.807, 2.05) is 38.1 Å². The summed E-state index contributed by atoms with van der Waals surface area (Å²) in [5, 5.41) is 3.41. The van der Waals surface area contributed by atoms with Crippen molar-refractivity contribution >= 4 is 17.5 Å². The molecule has 1 amide bonds. The Bertz CT molecular complexity index is 675. The number of amides is 1. The minimum absolute atomic E-state index is 0.162. The van der Waals surface area contributed by atoms with Gasteiger partial charge in [-0.2, -0.15) is 0 Å². The highest BCUT2D eigenvalue weighted by Crippen LogP contribution is 2.19. The van der Waals surface area contributed by atoms with Gasteiger partial charge in [0.1, 0.15) is 18.1 Å². The maximum atomic E-state index is 12.2. The number of carbonyl (C=O) groups excluding carboxylic acids is 1. The van der Waals surface area contributed by atoms with E-state index in [1.165, 1.54) is 0 Å². The fourth-order valence-corrected chi connectivity index (χ4v) is 2.37. The van der Waals surface area contributed by atoms with Crippen molar-refractivity contribution in [2.75, 3.05) is 13.2 Å². The number of nitrogens with one attached hydrogen (secondary N) is 1. The molecular formula is C19H22ClNO3. The average molecular weight is 348 g/mol. The molecule has 2 rings (SSSR count). The Morgan fingerprint density at radius 3 is 2.62 bits per heavy atom. The molecule has 0 unspecified atom stereocenters. The Balaban J connectivity index is 1.77. The second-order valence-corrected chi connectivity index (χ2v) is 5.86. The quantitative estimate of drug-likeness (QED) is 0.734. The Morgan fingerprint density at radius 1 is 1.17 bits per heavy atom. The minimum atomic E-state index is -0.553. The van der Waals surface area contributed by atoms with Gasteiger partial charge in [-0.3, -0.25) is 4.79 Å². The summed E-state index contributed by atoms with van der Waals surface area (Å²) in [7, 11) is 0. The molecule has 1 atom stereocenters. The highest BCUT2D eigenvalue weighted by atomic mass is 35.5. The summed E-state index contributed by atoms with van der Waals surface area (Å²) in [6.07, 6.45) is 0.0133. The summed E-state index contributed by atoms with van der Waals surface area (Å²) in [6, 6.07) is 14.8. The van der Waals surface area contributed by atoms with Gasteiger partial charge in [-0.25, -0.2) is 0 Å². The Labute approximate surface area is 147 Å². The minimum Gasteiger partial charge on any atom is -0.492 e. The maximum absolute atomic E-state index is 12.2. The molecule has 24 heavy (non-hydrogen) atoms. The van der Waals surface area contributed by atoms with Gasteiger partial charge in [0.15, 0.2) is 6.10 Å².